The van der Waals surface area contributed by atoms with Crippen LogP contribution < -0.4 is 10.2 Å². The van der Waals surface area contributed by atoms with E-state index in [0.717, 1.165) is 45.6 Å². The van der Waals surface area contributed by atoms with Gasteiger partial charge in [-0.1, -0.05) is 30.3 Å². The Hall–Kier alpha value is -4.32. The maximum Gasteiger partial charge on any atom is 0.258 e. The topological polar surface area (TPSA) is 96.1 Å². The third kappa shape index (κ3) is 4.50. The Morgan fingerprint density at radius 2 is 1.97 bits per heavy atom. The first kappa shape index (κ1) is 23.4. The van der Waals surface area contributed by atoms with E-state index >= 15 is 0 Å². The van der Waals surface area contributed by atoms with Gasteiger partial charge in [0.15, 0.2) is 5.82 Å². The average Bonchev–Trinajstić information content (AvgIpc) is 3.49. The van der Waals surface area contributed by atoms with Crippen molar-refractivity contribution < 1.29 is 9.53 Å². The van der Waals surface area contributed by atoms with Gasteiger partial charge < -0.3 is 19.5 Å². The summed E-state index contributed by atoms with van der Waals surface area (Å²) in [6.45, 7) is 2.61. The standard InChI is InChI=1S/C28H26N6O2/c1-33-18-31-32-27(33)26-12-19(15-29)7-9-24(26)21-4-3-5-23(14-21)34-17-22-8-6-20(13-25(22)28(34)35)16-30-10-11-36-2/h3-9,12-14,18,30H,10-11,16-17H2,1-2H3. The molecule has 1 aromatic heterocycles. The van der Waals surface area contributed by atoms with E-state index < -0.39 is 0 Å². The number of fused-ring (bicyclic) bond motifs is 1. The van der Waals surface area contributed by atoms with Crippen molar-refractivity contribution in [3.63, 3.8) is 0 Å². The van der Waals surface area contributed by atoms with Crippen molar-refractivity contribution >= 4 is 11.6 Å². The summed E-state index contributed by atoms with van der Waals surface area (Å²) in [5.41, 5.74) is 6.86. The fourth-order valence-corrected chi connectivity index (χ4v) is 4.49. The molecule has 1 amide bonds. The Morgan fingerprint density at radius 3 is 2.75 bits per heavy atom. The normalized spacial score (nSPS) is 12.6. The molecule has 180 valence electrons. The van der Waals surface area contributed by atoms with Gasteiger partial charge in [-0.15, -0.1) is 10.2 Å². The molecular weight excluding hydrogens is 452 g/mol. The molecular formula is C28H26N6O2. The smallest absolute Gasteiger partial charge is 0.258 e. The highest BCUT2D eigenvalue weighted by Crippen LogP contribution is 2.35. The van der Waals surface area contributed by atoms with E-state index in [1.165, 1.54) is 0 Å². The van der Waals surface area contributed by atoms with E-state index in [4.69, 9.17) is 4.74 Å². The number of carbonyl (C=O) groups excluding carboxylic acids is 1. The Bertz CT molecular complexity index is 1470. The van der Waals surface area contributed by atoms with Crippen molar-refractivity contribution in [2.24, 2.45) is 7.05 Å². The SMILES string of the molecule is COCCNCc1ccc2c(c1)C(=O)N(c1cccc(-c3ccc(C#N)cc3-c3nncn3C)c1)C2. The minimum Gasteiger partial charge on any atom is -0.383 e. The number of ether oxygens (including phenoxy) is 1. The van der Waals surface area contributed by atoms with Crippen LogP contribution in [-0.4, -0.2) is 40.9 Å². The molecule has 36 heavy (non-hydrogen) atoms. The van der Waals surface area contributed by atoms with Crippen LogP contribution in [0.25, 0.3) is 22.5 Å². The predicted molar refractivity (Wildman–Crippen MR) is 137 cm³/mol. The molecule has 4 aromatic rings. The number of aromatic nitrogens is 3. The second kappa shape index (κ2) is 10.1. The van der Waals surface area contributed by atoms with Gasteiger partial charge >= 0.3 is 0 Å². The zero-order valence-electron chi connectivity index (χ0n) is 20.2. The molecule has 1 aliphatic rings. The summed E-state index contributed by atoms with van der Waals surface area (Å²) in [6, 6.07) is 21.7. The lowest BCUT2D eigenvalue weighted by atomic mass is 9.96. The number of rotatable bonds is 8. The van der Waals surface area contributed by atoms with Gasteiger partial charge in [0.05, 0.1) is 24.8 Å². The van der Waals surface area contributed by atoms with Gasteiger partial charge in [-0.2, -0.15) is 5.26 Å². The summed E-state index contributed by atoms with van der Waals surface area (Å²) < 4.78 is 6.90. The number of aryl methyl sites for hydroxylation is 1. The number of nitrogens with one attached hydrogen (secondary N) is 1. The third-order valence-corrected chi connectivity index (χ3v) is 6.36. The molecule has 0 unspecified atom stereocenters. The van der Waals surface area contributed by atoms with Crippen molar-refractivity contribution in [1.29, 1.82) is 5.26 Å². The lowest BCUT2D eigenvalue weighted by Gasteiger charge is -2.18. The van der Waals surface area contributed by atoms with Gasteiger partial charge in [0.1, 0.15) is 6.33 Å². The number of benzene rings is 3. The monoisotopic (exact) mass is 478 g/mol. The van der Waals surface area contributed by atoms with E-state index in [2.05, 4.69) is 27.6 Å². The van der Waals surface area contributed by atoms with Gasteiger partial charge in [-0.3, -0.25) is 4.79 Å². The molecule has 0 radical (unpaired) electrons. The number of amides is 1. The van der Waals surface area contributed by atoms with Crippen LogP contribution in [0.1, 0.15) is 27.0 Å². The van der Waals surface area contributed by atoms with Crippen molar-refractivity contribution in [3.05, 3.63) is 89.2 Å². The molecule has 0 atom stereocenters. The summed E-state index contributed by atoms with van der Waals surface area (Å²) >= 11 is 0. The summed E-state index contributed by atoms with van der Waals surface area (Å²) in [5.74, 6) is 0.665. The average molecular weight is 479 g/mol. The van der Waals surface area contributed by atoms with Crippen LogP contribution >= 0.6 is 0 Å². The fraction of sp³-hybridized carbons (Fsp3) is 0.214. The number of anilines is 1. The Morgan fingerprint density at radius 1 is 1.08 bits per heavy atom. The molecule has 5 rings (SSSR count). The highest BCUT2D eigenvalue weighted by molar-refractivity contribution is 6.10. The van der Waals surface area contributed by atoms with E-state index in [1.807, 2.05) is 65.0 Å². The summed E-state index contributed by atoms with van der Waals surface area (Å²) in [4.78, 5) is 15.2. The first-order valence-corrected chi connectivity index (χ1v) is 11.7. The summed E-state index contributed by atoms with van der Waals surface area (Å²) in [7, 11) is 3.55. The molecule has 0 fully saturated rings. The van der Waals surface area contributed by atoms with Crippen LogP contribution in [0.2, 0.25) is 0 Å². The molecule has 8 heteroatoms. The van der Waals surface area contributed by atoms with Gasteiger partial charge in [0, 0.05) is 44.1 Å². The first-order valence-electron chi connectivity index (χ1n) is 11.7. The lowest BCUT2D eigenvalue weighted by Crippen LogP contribution is -2.23. The second-order valence-corrected chi connectivity index (χ2v) is 8.74. The van der Waals surface area contributed by atoms with Crippen molar-refractivity contribution in [2.45, 2.75) is 13.1 Å². The van der Waals surface area contributed by atoms with Crippen LogP contribution in [0.3, 0.4) is 0 Å². The lowest BCUT2D eigenvalue weighted by molar-refractivity contribution is 0.0996. The van der Waals surface area contributed by atoms with E-state index in [1.54, 1.807) is 19.5 Å². The number of nitriles is 1. The highest BCUT2D eigenvalue weighted by atomic mass is 16.5. The highest BCUT2D eigenvalue weighted by Gasteiger charge is 2.29. The molecule has 0 saturated carbocycles. The molecule has 0 saturated heterocycles. The molecule has 1 N–H and O–H groups in total. The van der Waals surface area contributed by atoms with Gasteiger partial charge in [-0.25, -0.2) is 0 Å². The minimum atomic E-state index is -0.00533. The number of nitrogens with zero attached hydrogens (tertiary/aromatic N) is 5. The molecule has 0 spiro atoms. The van der Waals surface area contributed by atoms with Crippen molar-refractivity contribution in [2.75, 3.05) is 25.2 Å². The van der Waals surface area contributed by atoms with Crippen LogP contribution in [0.5, 0.6) is 0 Å². The second-order valence-electron chi connectivity index (χ2n) is 8.74. The van der Waals surface area contributed by atoms with Crippen LogP contribution in [-0.2, 0) is 24.9 Å². The quantitative estimate of drug-likeness (QED) is 0.386. The number of hydrogen-bond acceptors (Lipinski definition) is 6. The number of carbonyl (C=O) groups is 1. The van der Waals surface area contributed by atoms with Crippen LogP contribution in [0.15, 0.2) is 67.0 Å². The van der Waals surface area contributed by atoms with E-state index in [0.29, 0.717) is 31.1 Å². The largest absolute Gasteiger partial charge is 0.383 e. The molecule has 1 aliphatic heterocycles. The zero-order chi connectivity index (χ0) is 25.1. The van der Waals surface area contributed by atoms with E-state index in [9.17, 15) is 10.1 Å². The minimum absolute atomic E-state index is 0.00533. The fourth-order valence-electron chi connectivity index (χ4n) is 4.49. The summed E-state index contributed by atoms with van der Waals surface area (Å²) in [6.07, 6.45) is 1.63. The van der Waals surface area contributed by atoms with Gasteiger partial charge in [0.2, 0.25) is 0 Å². The van der Waals surface area contributed by atoms with Crippen molar-refractivity contribution in [3.8, 4) is 28.6 Å². The predicted octanol–water partition coefficient (Wildman–Crippen LogP) is 3.92. The molecule has 2 heterocycles. The number of hydrogen-bond donors (Lipinski definition) is 1. The summed E-state index contributed by atoms with van der Waals surface area (Å²) in [5, 5.41) is 21.0. The maximum atomic E-state index is 13.4. The van der Waals surface area contributed by atoms with Crippen LogP contribution in [0, 0.1) is 11.3 Å². The van der Waals surface area contributed by atoms with Crippen LogP contribution in [0.4, 0.5) is 5.69 Å². The Balaban J connectivity index is 1.45. The third-order valence-electron chi connectivity index (χ3n) is 6.36. The van der Waals surface area contributed by atoms with E-state index in [-0.39, 0.29) is 5.91 Å². The number of methoxy groups -OCH3 is 1. The molecule has 8 nitrogen and oxygen atoms in total. The van der Waals surface area contributed by atoms with Crippen molar-refractivity contribution in [1.82, 2.24) is 20.1 Å². The Labute approximate surface area is 209 Å². The zero-order valence-corrected chi connectivity index (χ0v) is 20.2. The van der Waals surface area contributed by atoms with Gasteiger partial charge in [0.25, 0.3) is 5.91 Å². The molecule has 3 aromatic carbocycles. The molecule has 0 aliphatic carbocycles. The Kier molecular flexibility index (Phi) is 6.58. The van der Waals surface area contributed by atoms with Gasteiger partial charge in [-0.05, 0) is 52.6 Å². The first-order chi connectivity index (χ1) is 17.6. The molecule has 0 bridgehead atoms. The maximum absolute atomic E-state index is 13.4.